The zero-order valence-electron chi connectivity index (χ0n) is 17.4. The number of nitrogens with zero attached hydrogens (tertiary/aromatic N) is 2. The van der Waals surface area contributed by atoms with Gasteiger partial charge in [0.1, 0.15) is 11.0 Å². The number of carbonyl (C=O) groups excluding carboxylic acids is 1. The van der Waals surface area contributed by atoms with Gasteiger partial charge in [-0.3, -0.25) is 4.79 Å². The monoisotopic (exact) mass is 493 g/mol. The van der Waals surface area contributed by atoms with E-state index in [2.05, 4.69) is 10.3 Å². The van der Waals surface area contributed by atoms with Crippen molar-refractivity contribution in [2.75, 3.05) is 11.6 Å². The minimum atomic E-state index is -3.77. The van der Waals surface area contributed by atoms with Crippen molar-refractivity contribution in [2.24, 2.45) is 0 Å². The molecule has 1 atom stereocenters. The van der Waals surface area contributed by atoms with Crippen LogP contribution < -0.4 is 5.32 Å². The molecule has 1 N–H and O–H groups in total. The van der Waals surface area contributed by atoms with Crippen LogP contribution >= 0.6 is 34.4 Å². The number of hydrogen-bond donors (Lipinski definition) is 1. The molecule has 31 heavy (non-hydrogen) atoms. The molecule has 1 aromatic carbocycles. The number of hydrogen-bond acceptors (Lipinski definition) is 7. The predicted molar refractivity (Wildman–Crippen MR) is 128 cm³/mol. The van der Waals surface area contributed by atoms with Crippen LogP contribution in [0.1, 0.15) is 22.4 Å². The van der Waals surface area contributed by atoms with Crippen LogP contribution in [0.25, 0.3) is 9.88 Å². The lowest BCUT2D eigenvalue weighted by atomic mass is 10.1. The number of benzene rings is 1. The van der Waals surface area contributed by atoms with Gasteiger partial charge in [0.2, 0.25) is 15.9 Å². The normalized spacial score (nSPS) is 17.2. The van der Waals surface area contributed by atoms with E-state index in [1.54, 1.807) is 24.3 Å². The van der Waals surface area contributed by atoms with Crippen molar-refractivity contribution in [3.63, 3.8) is 0 Å². The average molecular weight is 494 g/mol. The Bertz CT molecular complexity index is 1200. The van der Waals surface area contributed by atoms with E-state index in [4.69, 9.17) is 0 Å². The van der Waals surface area contributed by atoms with Gasteiger partial charge in [-0.05, 0) is 55.0 Å². The van der Waals surface area contributed by atoms with E-state index >= 15 is 0 Å². The molecule has 2 aromatic heterocycles. The van der Waals surface area contributed by atoms with Crippen LogP contribution in [-0.4, -0.2) is 41.3 Å². The van der Waals surface area contributed by atoms with Crippen LogP contribution in [0, 0.1) is 20.8 Å². The first-order valence-corrected chi connectivity index (χ1v) is 14.1. The molecule has 1 aliphatic rings. The van der Waals surface area contributed by atoms with Gasteiger partial charge in [0, 0.05) is 11.1 Å². The summed E-state index contributed by atoms with van der Waals surface area (Å²) in [5, 5.41) is 7.72. The molecule has 0 spiro atoms. The summed E-state index contributed by atoms with van der Waals surface area (Å²) in [6.45, 7) is 5.93. The van der Waals surface area contributed by atoms with E-state index in [1.165, 1.54) is 27.4 Å². The number of amides is 1. The third-order valence-electron chi connectivity index (χ3n) is 5.25. The van der Waals surface area contributed by atoms with Gasteiger partial charge in [-0.15, -0.1) is 34.4 Å². The van der Waals surface area contributed by atoms with Crippen LogP contribution in [0.15, 0.2) is 39.9 Å². The van der Waals surface area contributed by atoms with Crippen molar-refractivity contribution >= 4 is 50.4 Å². The van der Waals surface area contributed by atoms with Gasteiger partial charge in [0.25, 0.3) is 0 Å². The molecule has 4 rings (SSSR count). The molecule has 0 saturated carbocycles. The fraction of sp³-hybridized carbons (Fsp3) is 0.333. The highest BCUT2D eigenvalue weighted by atomic mass is 32.2. The predicted octanol–water partition coefficient (Wildman–Crippen LogP) is 4.18. The van der Waals surface area contributed by atoms with Gasteiger partial charge >= 0.3 is 0 Å². The topological polar surface area (TPSA) is 79.4 Å². The second-order valence-electron chi connectivity index (χ2n) is 7.45. The summed E-state index contributed by atoms with van der Waals surface area (Å²) in [4.78, 5) is 18.8. The lowest BCUT2D eigenvalue weighted by Crippen LogP contribution is -2.47. The van der Waals surface area contributed by atoms with E-state index in [0.29, 0.717) is 11.3 Å². The quantitative estimate of drug-likeness (QED) is 0.557. The highest BCUT2D eigenvalue weighted by Gasteiger charge is 2.40. The van der Waals surface area contributed by atoms with Crippen molar-refractivity contribution in [3.05, 3.63) is 57.4 Å². The molecule has 6 nitrogen and oxygen atoms in total. The molecule has 10 heteroatoms. The summed E-state index contributed by atoms with van der Waals surface area (Å²) in [7, 11) is -3.77. The Morgan fingerprint density at radius 2 is 1.97 bits per heavy atom. The number of carbonyl (C=O) groups is 1. The maximum atomic E-state index is 13.4. The average Bonchev–Trinajstić information content (AvgIpc) is 3.49. The van der Waals surface area contributed by atoms with E-state index in [0.717, 1.165) is 26.7 Å². The molecule has 1 aliphatic heterocycles. The molecule has 1 amide bonds. The highest BCUT2D eigenvalue weighted by molar-refractivity contribution is 8.00. The molecule has 1 fully saturated rings. The lowest BCUT2D eigenvalue weighted by Gasteiger charge is -2.23. The van der Waals surface area contributed by atoms with Gasteiger partial charge in [-0.1, -0.05) is 12.1 Å². The Labute approximate surface area is 194 Å². The van der Waals surface area contributed by atoms with Gasteiger partial charge in [-0.25, -0.2) is 13.4 Å². The Balaban J connectivity index is 1.48. The first kappa shape index (κ1) is 22.5. The van der Waals surface area contributed by atoms with E-state index in [-0.39, 0.29) is 23.2 Å². The van der Waals surface area contributed by atoms with Crippen molar-refractivity contribution in [3.8, 4) is 9.88 Å². The summed E-state index contributed by atoms with van der Waals surface area (Å²) < 4.78 is 28.1. The van der Waals surface area contributed by atoms with Gasteiger partial charge < -0.3 is 5.32 Å². The smallest absolute Gasteiger partial charge is 0.244 e. The fourth-order valence-corrected chi connectivity index (χ4v) is 8.48. The number of aromatic nitrogens is 1. The third kappa shape index (κ3) is 4.58. The lowest BCUT2D eigenvalue weighted by molar-refractivity contribution is -0.124. The zero-order valence-corrected chi connectivity index (χ0v) is 20.7. The van der Waals surface area contributed by atoms with Gasteiger partial charge in [0.15, 0.2) is 0 Å². The first-order chi connectivity index (χ1) is 14.8. The first-order valence-electron chi connectivity index (χ1n) is 9.71. The van der Waals surface area contributed by atoms with Gasteiger partial charge in [0.05, 0.1) is 27.9 Å². The summed E-state index contributed by atoms with van der Waals surface area (Å²) in [6, 6.07) is 6.85. The molecule has 1 unspecified atom stereocenters. The Morgan fingerprint density at radius 1 is 1.19 bits per heavy atom. The maximum Gasteiger partial charge on any atom is 0.244 e. The van der Waals surface area contributed by atoms with Crippen LogP contribution in [0.2, 0.25) is 0 Å². The van der Waals surface area contributed by atoms with E-state index < -0.39 is 16.1 Å². The van der Waals surface area contributed by atoms with Crippen LogP contribution in [-0.2, 0) is 21.4 Å². The number of aryl methyl sites for hydroxylation is 3. The standard InChI is InChI=1S/C21H23N3O3S4/c1-13-7-15(3)19(8-14(13)2)31(26,27)24-12-28-11-17(24)20(25)22-9-16-10-30-21(23-16)18-5-4-6-29-18/h4-8,10,17H,9,11-12H2,1-3H3,(H,22,25). The van der Waals surface area contributed by atoms with Crippen LogP contribution in [0.5, 0.6) is 0 Å². The summed E-state index contributed by atoms with van der Waals surface area (Å²) in [5.41, 5.74) is 3.43. The molecular formula is C21H23N3O3S4. The van der Waals surface area contributed by atoms with E-state index in [9.17, 15) is 13.2 Å². The Kier molecular flexibility index (Phi) is 6.55. The number of thiazole rings is 1. The van der Waals surface area contributed by atoms with Crippen molar-refractivity contribution in [1.82, 2.24) is 14.6 Å². The molecule has 3 heterocycles. The number of sulfonamides is 1. The third-order valence-corrected chi connectivity index (χ3v) is 10.4. The number of rotatable bonds is 6. The molecule has 1 saturated heterocycles. The summed E-state index contributed by atoms with van der Waals surface area (Å²) in [5.74, 6) is 0.416. The second kappa shape index (κ2) is 9.03. The van der Waals surface area contributed by atoms with Crippen molar-refractivity contribution in [1.29, 1.82) is 0 Å². The van der Waals surface area contributed by atoms with Gasteiger partial charge in [-0.2, -0.15) is 4.31 Å². The molecule has 0 radical (unpaired) electrons. The summed E-state index contributed by atoms with van der Waals surface area (Å²) >= 11 is 4.61. The minimum absolute atomic E-state index is 0.270. The molecule has 0 bridgehead atoms. The maximum absolute atomic E-state index is 13.4. The highest BCUT2D eigenvalue weighted by Crippen LogP contribution is 2.31. The van der Waals surface area contributed by atoms with Crippen molar-refractivity contribution in [2.45, 2.75) is 38.3 Å². The van der Waals surface area contributed by atoms with Crippen LogP contribution in [0.3, 0.4) is 0 Å². The molecular weight excluding hydrogens is 471 g/mol. The van der Waals surface area contributed by atoms with Crippen molar-refractivity contribution < 1.29 is 13.2 Å². The SMILES string of the molecule is Cc1cc(C)c(S(=O)(=O)N2CSCC2C(=O)NCc2csc(-c3cccs3)n2)cc1C. The number of thiophene rings is 1. The fourth-order valence-electron chi connectivity index (χ4n) is 3.41. The molecule has 164 valence electrons. The number of thioether (sulfide) groups is 1. The molecule has 0 aliphatic carbocycles. The zero-order chi connectivity index (χ0) is 22.2. The Morgan fingerprint density at radius 3 is 2.71 bits per heavy atom. The summed E-state index contributed by atoms with van der Waals surface area (Å²) in [6.07, 6.45) is 0. The van der Waals surface area contributed by atoms with E-state index in [1.807, 2.05) is 42.8 Å². The molecule has 3 aromatic rings. The largest absolute Gasteiger partial charge is 0.349 e. The minimum Gasteiger partial charge on any atom is -0.349 e. The Hall–Kier alpha value is -1.72. The van der Waals surface area contributed by atoms with Crippen LogP contribution in [0.4, 0.5) is 0 Å². The second-order valence-corrected chi connectivity index (χ2v) is 12.1. The number of nitrogens with one attached hydrogen (secondary N) is 1.